The van der Waals surface area contributed by atoms with Gasteiger partial charge in [-0.15, -0.1) is 0 Å². The van der Waals surface area contributed by atoms with Crippen molar-refractivity contribution >= 4 is 17.6 Å². The van der Waals surface area contributed by atoms with Crippen LogP contribution in [-0.4, -0.2) is 23.0 Å². The summed E-state index contributed by atoms with van der Waals surface area (Å²) in [5.74, 6) is -2.83. The molecular weight excluding hydrogens is 313 g/mol. The molecule has 1 aromatic carbocycles. The summed E-state index contributed by atoms with van der Waals surface area (Å²) in [7, 11) is 0. The van der Waals surface area contributed by atoms with Crippen LogP contribution >= 0.6 is 0 Å². The lowest BCUT2D eigenvalue weighted by Gasteiger charge is -2.08. The predicted octanol–water partition coefficient (Wildman–Crippen LogP) is 2.94. The van der Waals surface area contributed by atoms with E-state index in [4.69, 9.17) is 4.74 Å². The van der Waals surface area contributed by atoms with Crippen LogP contribution in [0.15, 0.2) is 48.7 Å². The van der Waals surface area contributed by atoms with Gasteiger partial charge >= 0.3 is 18.1 Å². The largest absolute Gasteiger partial charge is 0.471 e. The highest BCUT2D eigenvalue weighted by atomic mass is 19.4. The van der Waals surface area contributed by atoms with Crippen molar-refractivity contribution in [1.82, 2.24) is 4.98 Å². The Hall–Kier alpha value is -2.90. The molecule has 0 aliphatic heterocycles. The molecule has 0 spiro atoms. The van der Waals surface area contributed by atoms with E-state index in [-0.39, 0.29) is 18.0 Å². The molecular formula is C15H11F3N2O3. The third kappa shape index (κ3) is 4.80. The van der Waals surface area contributed by atoms with Crippen molar-refractivity contribution < 1.29 is 27.5 Å². The first-order chi connectivity index (χ1) is 10.9. The minimum atomic E-state index is -4.99. The molecule has 2 rings (SSSR count). The highest BCUT2D eigenvalue weighted by Crippen LogP contribution is 2.18. The van der Waals surface area contributed by atoms with Gasteiger partial charge in [-0.2, -0.15) is 13.2 Å². The van der Waals surface area contributed by atoms with Crippen molar-refractivity contribution in [1.29, 1.82) is 0 Å². The third-order valence-corrected chi connectivity index (χ3v) is 2.70. The van der Waals surface area contributed by atoms with E-state index < -0.39 is 18.1 Å². The number of amides is 1. The molecule has 0 aliphatic rings. The van der Waals surface area contributed by atoms with E-state index in [1.165, 1.54) is 6.07 Å². The van der Waals surface area contributed by atoms with E-state index in [2.05, 4.69) is 4.98 Å². The molecule has 0 aliphatic carbocycles. The number of hydrogen-bond acceptors (Lipinski definition) is 4. The molecule has 0 radical (unpaired) electrons. The average molecular weight is 324 g/mol. The fourth-order valence-corrected chi connectivity index (χ4v) is 1.59. The van der Waals surface area contributed by atoms with Crippen LogP contribution < -0.4 is 5.32 Å². The third-order valence-electron chi connectivity index (χ3n) is 2.70. The summed E-state index contributed by atoms with van der Waals surface area (Å²) in [6.45, 7) is 0.0495. The normalized spacial score (nSPS) is 10.9. The second-order valence-corrected chi connectivity index (χ2v) is 4.45. The number of rotatable bonds is 4. The second kappa shape index (κ2) is 6.91. The summed E-state index contributed by atoms with van der Waals surface area (Å²) in [5.41, 5.74) is 0.535. The summed E-state index contributed by atoms with van der Waals surface area (Å²) in [4.78, 5) is 26.2. The fourth-order valence-electron chi connectivity index (χ4n) is 1.59. The Morgan fingerprint density at radius 3 is 2.35 bits per heavy atom. The number of carbonyl (C=O) groups is 2. The number of halogens is 3. The molecule has 0 atom stereocenters. The Bertz CT molecular complexity index is 685. The topological polar surface area (TPSA) is 68.3 Å². The number of carbonyl (C=O) groups excluding carboxylic acids is 2. The predicted molar refractivity (Wildman–Crippen MR) is 74.5 cm³/mol. The van der Waals surface area contributed by atoms with E-state index >= 15 is 0 Å². The maximum absolute atomic E-state index is 12.1. The lowest BCUT2D eigenvalue weighted by Crippen LogP contribution is -2.30. The number of alkyl halides is 3. The highest BCUT2D eigenvalue weighted by Gasteiger charge is 2.38. The monoisotopic (exact) mass is 324 g/mol. The Morgan fingerprint density at radius 2 is 1.78 bits per heavy atom. The Balaban J connectivity index is 1.94. The van der Waals surface area contributed by atoms with Gasteiger partial charge in [0.25, 0.3) is 0 Å². The van der Waals surface area contributed by atoms with Crippen LogP contribution in [0, 0.1) is 0 Å². The first-order valence-electron chi connectivity index (χ1n) is 6.41. The van der Waals surface area contributed by atoms with Gasteiger partial charge in [0.05, 0.1) is 11.9 Å². The minimum Gasteiger partial charge on any atom is -0.456 e. The molecule has 23 heavy (non-hydrogen) atoms. The van der Waals surface area contributed by atoms with Gasteiger partial charge in [-0.05, 0) is 17.7 Å². The van der Waals surface area contributed by atoms with Gasteiger partial charge in [0.1, 0.15) is 12.3 Å². The van der Waals surface area contributed by atoms with Crippen LogP contribution in [0.2, 0.25) is 0 Å². The Kier molecular flexibility index (Phi) is 4.95. The van der Waals surface area contributed by atoms with Gasteiger partial charge in [0, 0.05) is 0 Å². The van der Waals surface area contributed by atoms with Crippen LogP contribution in [0.1, 0.15) is 16.1 Å². The molecule has 2 aromatic rings. The maximum Gasteiger partial charge on any atom is 0.471 e. The average Bonchev–Trinajstić information content (AvgIpc) is 2.53. The van der Waals surface area contributed by atoms with E-state index in [1.807, 2.05) is 6.07 Å². The highest BCUT2D eigenvalue weighted by molar-refractivity contribution is 5.95. The van der Waals surface area contributed by atoms with Crippen LogP contribution in [0.5, 0.6) is 0 Å². The number of pyridine rings is 1. The Labute approximate surface area is 129 Å². The quantitative estimate of drug-likeness (QED) is 0.878. The fraction of sp³-hybridized carbons (Fsp3) is 0.133. The summed E-state index contributed by atoms with van der Waals surface area (Å²) >= 11 is 0. The van der Waals surface area contributed by atoms with Crippen molar-refractivity contribution in [3.05, 3.63) is 59.9 Å². The number of nitrogens with one attached hydrogen (secondary N) is 1. The molecule has 1 aromatic heterocycles. The van der Waals surface area contributed by atoms with Crippen molar-refractivity contribution in [2.75, 3.05) is 5.32 Å². The van der Waals surface area contributed by atoms with Crippen LogP contribution in [0.25, 0.3) is 0 Å². The minimum absolute atomic E-state index is 0.0495. The van der Waals surface area contributed by atoms with Gasteiger partial charge in [-0.3, -0.25) is 4.79 Å². The van der Waals surface area contributed by atoms with Gasteiger partial charge < -0.3 is 10.1 Å². The molecule has 5 nitrogen and oxygen atoms in total. The molecule has 1 N–H and O–H groups in total. The number of hydrogen-bond donors (Lipinski definition) is 1. The molecule has 0 fully saturated rings. The van der Waals surface area contributed by atoms with E-state index in [0.29, 0.717) is 0 Å². The van der Waals surface area contributed by atoms with Gasteiger partial charge in [0.15, 0.2) is 0 Å². The molecule has 0 unspecified atom stereocenters. The van der Waals surface area contributed by atoms with Crippen LogP contribution in [0.4, 0.5) is 18.9 Å². The maximum atomic E-state index is 12.1. The summed E-state index contributed by atoms with van der Waals surface area (Å²) in [5, 5.41) is 1.63. The van der Waals surface area contributed by atoms with Gasteiger partial charge in [-0.1, -0.05) is 30.3 Å². The van der Waals surface area contributed by atoms with E-state index in [9.17, 15) is 22.8 Å². The number of esters is 1. The zero-order valence-electron chi connectivity index (χ0n) is 11.6. The summed E-state index contributed by atoms with van der Waals surface area (Å²) in [6, 6.07) is 11.3. The van der Waals surface area contributed by atoms with Crippen molar-refractivity contribution in [2.45, 2.75) is 12.8 Å². The zero-order chi connectivity index (χ0) is 16.9. The number of ether oxygens (including phenoxy) is 1. The summed E-state index contributed by atoms with van der Waals surface area (Å²) < 4.78 is 41.3. The molecule has 8 heteroatoms. The van der Waals surface area contributed by atoms with Crippen molar-refractivity contribution in [3.63, 3.8) is 0 Å². The molecule has 0 bridgehead atoms. The summed E-state index contributed by atoms with van der Waals surface area (Å²) in [6.07, 6.45) is -4.05. The Morgan fingerprint density at radius 1 is 1.09 bits per heavy atom. The zero-order valence-corrected chi connectivity index (χ0v) is 11.6. The number of anilines is 1. The molecule has 1 amide bonds. The molecule has 0 saturated heterocycles. The van der Waals surface area contributed by atoms with Gasteiger partial charge in [-0.25, -0.2) is 9.78 Å². The molecule has 0 saturated carbocycles. The standard InChI is InChI=1S/C15H11F3N2O3/c16-15(17,18)14(22)20-11-6-7-12(19-8-11)13(21)23-9-10-4-2-1-3-5-10/h1-8H,9H2,(H,20,22). The smallest absolute Gasteiger partial charge is 0.456 e. The first-order valence-corrected chi connectivity index (χ1v) is 6.41. The van der Waals surface area contributed by atoms with Crippen LogP contribution in [0.3, 0.4) is 0 Å². The van der Waals surface area contributed by atoms with Crippen molar-refractivity contribution in [3.8, 4) is 0 Å². The van der Waals surface area contributed by atoms with Gasteiger partial charge in [0.2, 0.25) is 0 Å². The number of nitrogens with zero attached hydrogens (tertiary/aromatic N) is 1. The lowest BCUT2D eigenvalue weighted by molar-refractivity contribution is -0.167. The van der Waals surface area contributed by atoms with E-state index in [0.717, 1.165) is 17.8 Å². The lowest BCUT2D eigenvalue weighted by atomic mass is 10.2. The first kappa shape index (κ1) is 16.5. The SMILES string of the molecule is O=C(OCc1ccccc1)c1ccc(NC(=O)C(F)(F)F)cn1. The van der Waals surface area contributed by atoms with E-state index in [1.54, 1.807) is 29.6 Å². The number of benzene rings is 1. The van der Waals surface area contributed by atoms with Crippen molar-refractivity contribution in [2.24, 2.45) is 0 Å². The second-order valence-electron chi connectivity index (χ2n) is 4.45. The molecule has 120 valence electrons. The number of aromatic nitrogens is 1. The van der Waals surface area contributed by atoms with Crippen LogP contribution in [-0.2, 0) is 16.1 Å². The molecule has 1 heterocycles.